The molecule has 1 atom stereocenters. The minimum absolute atomic E-state index is 0.0914. The Bertz CT molecular complexity index is 377. The Kier molecular flexibility index (Phi) is 4.12. The van der Waals surface area contributed by atoms with Crippen molar-refractivity contribution in [2.75, 3.05) is 6.54 Å². The van der Waals surface area contributed by atoms with Crippen LogP contribution in [0.2, 0.25) is 0 Å². The average molecular weight is 253 g/mol. The van der Waals surface area contributed by atoms with Gasteiger partial charge in [0.25, 0.3) is 0 Å². The van der Waals surface area contributed by atoms with Crippen molar-refractivity contribution >= 4 is 17.2 Å². The summed E-state index contributed by atoms with van der Waals surface area (Å²) in [5.41, 5.74) is 6.76. The monoisotopic (exact) mass is 253 g/mol. The minimum atomic E-state index is -0.431. The van der Waals surface area contributed by atoms with Crippen molar-refractivity contribution in [2.45, 2.75) is 45.1 Å². The Morgan fingerprint density at radius 1 is 1.53 bits per heavy atom. The van der Waals surface area contributed by atoms with E-state index in [1.165, 1.54) is 29.8 Å². The molecule has 0 bridgehead atoms. The number of fused-ring (bicyclic) bond motifs is 1. The zero-order valence-electron chi connectivity index (χ0n) is 10.2. The van der Waals surface area contributed by atoms with Gasteiger partial charge in [0.05, 0.1) is 16.7 Å². The number of hydrogen-bond donors (Lipinski definition) is 2. The Labute approximate surface area is 106 Å². The molecule has 0 aromatic carbocycles. The van der Waals surface area contributed by atoms with E-state index >= 15 is 0 Å². The van der Waals surface area contributed by atoms with Gasteiger partial charge in [-0.05, 0) is 32.6 Å². The maximum atomic E-state index is 11.3. The van der Waals surface area contributed by atoms with E-state index in [-0.39, 0.29) is 5.91 Å². The number of aryl methyl sites for hydroxylation is 2. The fraction of sp³-hybridized carbons (Fsp3) is 0.667. The molecule has 1 heterocycles. The second-order valence-corrected chi connectivity index (χ2v) is 5.68. The number of amides is 1. The molecule has 1 amide bonds. The third kappa shape index (κ3) is 3.26. The lowest BCUT2D eigenvalue weighted by atomic mass is 10.0. The highest BCUT2D eigenvalue weighted by molar-refractivity contribution is 7.11. The van der Waals surface area contributed by atoms with E-state index in [9.17, 15) is 4.79 Å². The van der Waals surface area contributed by atoms with Gasteiger partial charge in [-0.25, -0.2) is 4.98 Å². The van der Waals surface area contributed by atoms with Crippen LogP contribution in [0.4, 0.5) is 0 Å². The number of nitrogens with two attached hydrogens (primary N) is 1. The summed E-state index contributed by atoms with van der Waals surface area (Å²) in [7, 11) is 0. The molecule has 0 saturated heterocycles. The van der Waals surface area contributed by atoms with Crippen molar-refractivity contribution in [1.82, 2.24) is 10.3 Å². The number of aromatic nitrogens is 1. The van der Waals surface area contributed by atoms with E-state index in [2.05, 4.69) is 10.3 Å². The lowest BCUT2D eigenvalue weighted by Crippen LogP contribution is -2.39. The quantitative estimate of drug-likeness (QED) is 0.842. The molecule has 1 aromatic rings. The SMILES string of the molecule is CC(N)C(=O)NCCc1nc2c(s1)CCCC2. The summed E-state index contributed by atoms with van der Waals surface area (Å²) in [6, 6.07) is -0.431. The van der Waals surface area contributed by atoms with E-state index in [4.69, 9.17) is 5.73 Å². The highest BCUT2D eigenvalue weighted by Crippen LogP contribution is 2.26. The number of thiazole rings is 1. The van der Waals surface area contributed by atoms with E-state index in [0.29, 0.717) is 6.54 Å². The third-order valence-corrected chi connectivity index (χ3v) is 4.16. The molecule has 4 nitrogen and oxygen atoms in total. The van der Waals surface area contributed by atoms with Crippen LogP contribution < -0.4 is 11.1 Å². The number of nitrogens with one attached hydrogen (secondary N) is 1. The Morgan fingerprint density at radius 3 is 3.00 bits per heavy atom. The predicted molar refractivity (Wildman–Crippen MR) is 69.1 cm³/mol. The van der Waals surface area contributed by atoms with Crippen LogP contribution in [-0.2, 0) is 24.1 Å². The topological polar surface area (TPSA) is 68.0 Å². The zero-order chi connectivity index (χ0) is 12.3. The van der Waals surface area contributed by atoms with Crippen LogP contribution in [-0.4, -0.2) is 23.5 Å². The normalized spacial score (nSPS) is 16.4. The highest BCUT2D eigenvalue weighted by Gasteiger charge is 2.15. The van der Waals surface area contributed by atoms with Crippen LogP contribution >= 0.6 is 11.3 Å². The van der Waals surface area contributed by atoms with Gasteiger partial charge in [-0.15, -0.1) is 11.3 Å². The smallest absolute Gasteiger partial charge is 0.236 e. The molecule has 0 fully saturated rings. The highest BCUT2D eigenvalue weighted by atomic mass is 32.1. The number of rotatable bonds is 4. The molecule has 2 rings (SSSR count). The molecule has 17 heavy (non-hydrogen) atoms. The van der Waals surface area contributed by atoms with Crippen LogP contribution in [0, 0.1) is 0 Å². The molecular weight excluding hydrogens is 234 g/mol. The van der Waals surface area contributed by atoms with Crippen LogP contribution in [0.3, 0.4) is 0 Å². The summed E-state index contributed by atoms with van der Waals surface area (Å²) in [6.45, 7) is 2.32. The van der Waals surface area contributed by atoms with Gasteiger partial charge >= 0.3 is 0 Å². The number of carbonyl (C=O) groups is 1. The minimum Gasteiger partial charge on any atom is -0.354 e. The van der Waals surface area contributed by atoms with Crippen LogP contribution in [0.5, 0.6) is 0 Å². The number of nitrogens with zero attached hydrogens (tertiary/aromatic N) is 1. The number of carbonyl (C=O) groups excluding carboxylic acids is 1. The summed E-state index contributed by atoms with van der Waals surface area (Å²) in [5.74, 6) is -0.0914. The summed E-state index contributed by atoms with van der Waals surface area (Å²) in [4.78, 5) is 17.4. The second-order valence-electron chi connectivity index (χ2n) is 4.51. The molecule has 0 saturated carbocycles. The summed E-state index contributed by atoms with van der Waals surface area (Å²) in [5, 5.41) is 3.95. The van der Waals surface area contributed by atoms with Crippen molar-refractivity contribution in [2.24, 2.45) is 5.73 Å². The summed E-state index contributed by atoms with van der Waals surface area (Å²) in [6.07, 6.45) is 5.67. The van der Waals surface area contributed by atoms with Gasteiger partial charge in [0.2, 0.25) is 5.91 Å². The maximum absolute atomic E-state index is 11.3. The van der Waals surface area contributed by atoms with Crippen LogP contribution in [0.25, 0.3) is 0 Å². The molecule has 94 valence electrons. The van der Waals surface area contributed by atoms with Crippen molar-refractivity contribution in [1.29, 1.82) is 0 Å². The van der Waals surface area contributed by atoms with Gasteiger partial charge in [0, 0.05) is 17.8 Å². The van der Waals surface area contributed by atoms with Crippen LogP contribution in [0.1, 0.15) is 35.3 Å². The average Bonchev–Trinajstić information content (AvgIpc) is 2.71. The first kappa shape index (κ1) is 12.5. The standard InChI is InChI=1S/C12H19N3OS/c1-8(13)12(16)14-7-6-11-15-9-4-2-3-5-10(9)17-11/h8H,2-7,13H2,1H3,(H,14,16). The molecule has 0 radical (unpaired) electrons. The fourth-order valence-corrected chi connectivity index (χ4v) is 3.12. The molecule has 1 aliphatic carbocycles. The first-order chi connectivity index (χ1) is 8.16. The summed E-state index contributed by atoms with van der Waals surface area (Å²) < 4.78 is 0. The van der Waals surface area contributed by atoms with E-state index < -0.39 is 6.04 Å². The molecule has 3 N–H and O–H groups in total. The Balaban J connectivity index is 1.83. The van der Waals surface area contributed by atoms with E-state index in [1.807, 2.05) is 0 Å². The third-order valence-electron chi connectivity index (χ3n) is 2.94. The van der Waals surface area contributed by atoms with Crippen molar-refractivity contribution in [3.8, 4) is 0 Å². The van der Waals surface area contributed by atoms with Crippen molar-refractivity contribution in [3.05, 3.63) is 15.6 Å². The zero-order valence-corrected chi connectivity index (χ0v) is 11.0. The predicted octanol–water partition coefficient (Wildman–Crippen LogP) is 1.03. The Hall–Kier alpha value is -0.940. The van der Waals surface area contributed by atoms with Gasteiger partial charge in [0.1, 0.15) is 0 Å². The van der Waals surface area contributed by atoms with Crippen LogP contribution in [0.15, 0.2) is 0 Å². The van der Waals surface area contributed by atoms with E-state index in [0.717, 1.165) is 17.8 Å². The van der Waals surface area contributed by atoms with Gasteiger partial charge in [-0.2, -0.15) is 0 Å². The molecule has 1 unspecified atom stereocenters. The first-order valence-corrected chi connectivity index (χ1v) is 6.99. The second kappa shape index (κ2) is 5.60. The first-order valence-electron chi connectivity index (χ1n) is 6.17. The molecule has 5 heteroatoms. The van der Waals surface area contributed by atoms with Gasteiger partial charge < -0.3 is 11.1 Å². The summed E-state index contributed by atoms with van der Waals surface area (Å²) >= 11 is 1.80. The molecule has 1 aromatic heterocycles. The Morgan fingerprint density at radius 2 is 2.29 bits per heavy atom. The lowest BCUT2D eigenvalue weighted by molar-refractivity contribution is -0.121. The molecule has 0 spiro atoms. The van der Waals surface area contributed by atoms with Crippen molar-refractivity contribution in [3.63, 3.8) is 0 Å². The lowest BCUT2D eigenvalue weighted by Gasteiger charge is -2.06. The molecule has 1 aliphatic rings. The largest absolute Gasteiger partial charge is 0.354 e. The fourth-order valence-electron chi connectivity index (χ4n) is 1.97. The number of hydrogen-bond acceptors (Lipinski definition) is 4. The molecule has 0 aliphatic heterocycles. The van der Waals surface area contributed by atoms with E-state index in [1.54, 1.807) is 18.3 Å². The van der Waals surface area contributed by atoms with Gasteiger partial charge in [0.15, 0.2) is 0 Å². The molecular formula is C12H19N3OS. The van der Waals surface area contributed by atoms with Gasteiger partial charge in [-0.1, -0.05) is 0 Å². The van der Waals surface area contributed by atoms with Crippen molar-refractivity contribution < 1.29 is 4.79 Å². The maximum Gasteiger partial charge on any atom is 0.236 e. The van der Waals surface area contributed by atoms with Gasteiger partial charge in [-0.3, -0.25) is 4.79 Å².